The molecule has 236 valence electrons. The molecule has 0 aromatic rings. The van der Waals surface area contributed by atoms with E-state index >= 15 is 0 Å². The maximum atomic E-state index is 11.7. The molecule has 15 nitrogen and oxygen atoms in total. The van der Waals surface area contributed by atoms with Crippen molar-refractivity contribution in [3.63, 3.8) is 0 Å². The molecule has 2 saturated heterocycles. The van der Waals surface area contributed by atoms with Gasteiger partial charge in [-0.25, -0.2) is 0 Å². The van der Waals surface area contributed by atoms with E-state index in [0.717, 1.165) is 0 Å². The van der Waals surface area contributed by atoms with Crippen molar-refractivity contribution in [3.05, 3.63) is 0 Å². The Morgan fingerprint density at radius 2 is 1.44 bits per heavy atom. The van der Waals surface area contributed by atoms with Gasteiger partial charge in [-0.2, -0.15) is 0 Å². The molecule has 4 aliphatic rings. The number of methoxy groups -OCH3 is 2. The van der Waals surface area contributed by atoms with Crippen LogP contribution in [0, 0.1) is 11.8 Å². The number of carboxylic acid groups (broad SMARTS) is 1. The third kappa shape index (κ3) is 7.36. The molecular weight excluding hydrogens is 552 g/mol. The molecule has 15 heteroatoms. The molecule has 13 atom stereocenters. The first kappa shape index (κ1) is 32.4. The second-order valence-electron chi connectivity index (χ2n) is 11.4. The first-order valence-corrected chi connectivity index (χ1v) is 13.9. The van der Waals surface area contributed by atoms with E-state index in [1.165, 1.54) is 14.2 Å². The van der Waals surface area contributed by atoms with Gasteiger partial charge >= 0.3 is 11.9 Å². The van der Waals surface area contributed by atoms with Crippen molar-refractivity contribution in [3.8, 4) is 0 Å². The average Bonchev–Trinajstić information content (AvgIpc) is 2.92. The molecule has 0 aromatic heterocycles. The normalized spacial score (nSPS) is 46.9. The molecule has 41 heavy (non-hydrogen) atoms. The van der Waals surface area contributed by atoms with Gasteiger partial charge in [-0.3, -0.25) is 9.59 Å². The Bertz CT molecular complexity index is 875. The number of carbonyl (C=O) groups is 2. The van der Waals surface area contributed by atoms with Crippen LogP contribution in [0.4, 0.5) is 0 Å². The summed E-state index contributed by atoms with van der Waals surface area (Å²) >= 11 is 0. The number of aliphatic hydroxyl groups is 6. The number of carbonyl (C=O) groups excluding carboxylic acids is 1. The quantitative estimate of drug-likeness (QED) is 0.106. The molecule has 2 heterocycles. The van der Waals surface area contributed by atoms with Crippen LogP contribution in [-0.2, 0) is 38.0 Å². The highest BCUT2D eigenvalue weighted by atomic mass is 16.7. The van der Waals surface area contributed by atoms with Gasteiger partial charge in [0.25, 0.3) is 0 Å². The van der Waals surface area contributed by atoms with E-state index in [0.29, 0.717) is 19.3 Å². The van der Waals surface area contributed by atoms with Gasteiger partial charge in [-0.15, -0.1) is 0 Å². The molecule has 4 rings (SSSR count). The van der Waals surface area contributed by atoms with Crippen molar-refractivity contribution >= 4 is 11.9 Å². The SMILES string of the molecule is COC1CC(C2OC3CC(O)CC(O)C3CC2O[C@@H]2O[C@H](COC(=O)CC(=O)O)[C@@H](O)[C@H](O)[C@H]2O)CC(OC)C1O. The zero-order valence-electron chi connectivity index (χ0n) is 23.0. The van der Waals surface area contributed by atoms with E-state index < -0.39 is 110 Å². The Morgan fingerprint density at radius 1 is 0.780 bits per heavy atom. The van der Waals surface area contributed by atoms with Gasteiger partial charge in [0.15, 0.2) is 6.29 Å². The molecular formula is C26H42O15. The molecule has 2 saturated carbocycles. The van der Waals surface area contributed by atoms with Gasteiger partial charge in [0, 0.05) is 20.1 Å². The summed E-state index contributed by atoms with van der Waals surface area (Å²) < 4.78 is 34.2. The lowest BCUT2D eigenvalue weighted by Gasteiger charge is -2.51. The molecule has 0 radical (unpaired) electrons. The Morgan fingerprint density at radius 3 is 2.05 bits per heavy atom. The number of ether oxygens (including phenoxy) is 6. The van der Waals surface area contributed by atoms with Gasteiger partial charge in [0.05, 0.1) is 42.7 Å². The molecule has 7 N–H and O–H groups in total. The van der Waals surface area contributed by atoms with Crippen LogP contribution in [0.2, 0.25) is 0 Å². The molecule has 4 fully saturated rings. The fourth-order valence-corrected chi connectivity index (χ4v) is 6.58. The minimum atomic E-state index is -1.75. The molecule has 2 aliphatic carbocycles. The Balaban J connectivity index is 1.54. The Labute approximate surface area is 236 Å². The summed E-state index contributed by atoms with van der Waals surface area (Å²) in [4.78, 5) is 22.4. The minimum Gasteiger partial charge on any atom is -0.481 e. The Hall–Kier alpha value is -1.50. The van der Waals surface area contributed by atoms with E-state index in [4.69, 9.17) is 33.5 Å². The highest BCUT2D eigenvalue weighted by molar-refractivity contribution is 5.90. The highest BCUT2D eigenvalue weighted by Crippen LogP contribution is 2.44. The number of aliphatic carboxylic acids is 1. The van der Waals surface area contributed by atoms with Gasteiger partial charge in [-0.05, 0) is 38.0 Å². The average molecular weight is 595 g/mol. The first-order chi connectivity index (χ1) is 19.4. The second kappa shape index (κ2) is 13.9. The number of fused-ring (bicyclic) bond motifs is 1. The van der Waals surface area contributed by atoms with Crippen LogP contribution < -0.4 is 0 Å². The highest BCUT2D eigenvalue weighted by Gasteiger charge is 2.53. The number of carboxylic acids is 1. The number of hydrogen-bond acceptors (Lipinski definition) is 14. The third-order valence-electron chi connectivity index (χ3n) is 8.78. The second-order valence-corrected chi connectivity index (χ2v) is 11.4. The van der Waals surface area contributed by atoms with Crippen LogP contribution in [0.1, 0.15) is 38.5 Å². The third-order valence-corrected chi connectivity index (χ3v) is 8.78. The fourth-order valence-electron chi connectivity index (χ4n) is 6.58. The van der Waals surface area contributed by atoms with Crippen molar-refractivity contribution < 1.29 is 73.8 Å². The van der Waals surface area contributed by atoms with E-state index in [1.807, 2.05) is 0 Å². The number of aliphatic hydroxyl groups excluding tert-OH is 6. The van der Waals surface area contributed by atoms with E-state index in [1.54, 1.807) is 0 Å². The monoisotopic (exact) mass is 594 g/mol. The molecule has 2 aliphatic heterocycles. The van der Waals surface area contributed by atoms with Crippen molar-refractivity contribution in [1.82, 2.24) is 0 Å². The van der Waals surface area contributed by atoms with Crippen LogP contribution >= 0.6 is 0 Å². The van der Waals surface area contributed by atoms with Gasteiger partial charge in [0.1, 0.15) is 43.5 Å². The minimum absolute atomic E-state index is 0.159. The molecule has 0 spiro atoms. The van der Waals surface area contributed by atoms with Gasteiger partial charge in [-0.1, -0.05) is 0 Å². The van der Waals surface area contributed by atoms with Crippen molar-refractivity contribution in [2.24, 2.45) is 11.8 Å². The summed E-state index contributed by atoms with van der Waals surface area (Å²) in [6.07, 6.45) is -13.0. The number of esters is 1. The Kier molecular flexibility index (Phi) is 11.0. The first-order valence-electron chi connectivity index (χ1n) is 13.9. The molecule has 8 unspecified atom stereocenters. The van der Waals surface area contributed by atoms with Crippen LogP contribution in [0.3, 0.4) is 0 Å². The van der Waals surface area contributed by atoms with Crippen molar-refractivity contribution in [1.29, 1.82) is 0 Å². The predicted molar refractivity (Wildman–Crippen MR) is 133 cm³/mol. The molecule has 0 bridgehead atoms. The summed E-state index contributed by atoms with van der Waals surface area (Å²) in [6.45, 7) is -0.603. The van der Waals surface area contributed by atoms with Crippen LogP contribution in [0.5, 0.6) is 0 Å². The molecule has 0 amide bonds. The number of rotatable bonds is 9. The lowest BCUT2D eigenvalue weighted by Crippen LogP contribution is -2.62. The molecule has 0 aromatic carbocycles. The fraction of sp³-hybridized carbons (Fsp3) is 0.923. The number of hydrogen-bond donors (Lipinski definition) is 7. The zero-order valence-corrected chi connectivity index (χ0v) is 23.0. The standard InChI is InChI=1S/C26H42O15/c1-36-15-3-10(4-16(37-2)21(15)32)25-17(7-12-13(28)5-11(27)6-14(12)39-25)40-26-24(35)23(34)22(33)18(41-26)9-38-20(31)8-19(29)30/h10-18,21-28,32-35H,3-9H2,1-2H3,(H,29,30)/t10?,11?,12?,13?,14?,15?,16?,17?,18-,21?,22-,23+,24-,25?,26-/m1/s1. The maximum absolute atomic E-state index is 11.7. The van der Waals surface area contributed by atoms with Crippen LogP contribution in [-0.4, -0.2) is 148 Å². The summed E-state index contributed by atoms with van der Waals surface area (Å²) in [5.74, 6) is -3.17. The van der Waals surface area contributed by atoms with Crippen LogP contribution in [0.15, 0.2) is 0 Å². The predicted octanol–water partition coefficient (Wildman–Crippen LogP) is -2.71. The summed E-state index contributed by atoms with van der Waals surface area (Å²) in [5, 5.41) is 72.0. The van der Waals surface area contributed by atoms with Crippen molar-refractivity contribution in [2.45, 2.75) is 118 Å². The lowest BCUT2D eigenvalue weighted by molar-refractivity contribution is -0.334. The summed E-state index contributed by atoms with van der Waals surface area (Å²) in [6, 6.07) is 0. The van der Waals surface area contributed by atoms with Gasteiger partial charge in [0.2, 0.25) is 0 Å². The van der Waals surface area contributed by atoms with E-state index in [-0.39, 0.29) is 18.8 Å². The smallest absolute Gasteiger partial charge is 0.317 e. The summed E-state index contributed by atoms with van der Waals surface area (Å²) in [5.41, 5.74) is 0. The maximum Gasteiger partial charge on any atom is 0.317 e. The largest absolute Gasteiger partial charge is 0.481 e. The lowest BCUT2D eigenvalue weighted by atomic mass is 9.72. The topological polar surface area (TPSA) is 231 Å². The van der Waals surface area contributed by atoms with Crippen LogP contribution in [0.25, 0.3) is 0 Å². The van der Waals surface area contributed by atoms with Crippen molar-refractivity contribution in [2.75, 3.05) is 20.8 Å². The summed E-state index contributed by atoms with van der Waals surface area (Å²) in [7, 11) is 2.95. The van der Waals surface area contributed by atoms with E-state index in [2.05, 4.69) is 0 Å². The van der Waals surface area contributed by atoms with Gasteiger partial charge < -0.3 is 64.2 Å². The van der Waals surface area contributed by atoms with E-state index in [9.17, 15) is 40.2 Å². The zero-order chi connectivity index (χ0) is 30.0.